The Kier molecular flexibility index (Phi) is 5.57. The normalized spacial score (nSPS) is 11.8. The third-order valence-electron chi connectivity index (χ3n) is 3.60. The highest BCUT2D eigenvalue weighted by molar-refractivity contribution is 6.00. The number of carbonyl (C=O) groups excluding carboxylic acids is 2. The second kappa shape index (κ2) is 7.63. The van der Waals surface area contributed by atoms with Gasteiger partial charge in [-0.25, -0.2) is 0 Å². The molecule has 0 heterocycles. The SMILES string of the molecule is CCCNC(=O)[C@@H](C)NC(=O)c1ccc2cc(OC)ccc2c1. The predicted octanol–water partition coefficient (Wildman–Crippen LogP) is 2.49. The third kappa shape index (κ3) is 4.22. The number of hydrogen-bond donors (Lipinski definition) is 2. The Morgan fingerprint density at radius 2 is 1.83 bits per heavy atom. The maximum absolute atomic E-state index is 12.3. The number of benzene rings is 2. The standard InChI is InChI=1S/C18H22N2O3/c1-4-9-19-17(21)12(2)20-18(22)15-6-5-14-11-16(23-3)8-7-13(14)10-15/h5-8,10-12H,4,9H2,1-3H3,(H,19,21)(H,20,22)/t12-/m1/s1. The molecular weight excluding hydrogens is 292 g/mol. The second-order valence-corrected chi connectivity index (χ2v) is 5.41. The molecule has 2 N–H and O–H groups in total. The smallest absolute Gasteiger partial charge is 0.251 e. The molecule has 5 heteroatoms. The maximum Gasteiger partial charge on any atom is 0.251 e. The van der Waals surface area contributed by atoms with E-state index < -0.39 is 6.04 Å². The van der Waals surface area contributed by atoms with Gasteiger partial charge >= 0.3 is 0 Å². The van der Waals surface area contributed by atoms with Gasteiger partial charge in [-0.15, -0.1) is 0 Å². The monoisotopic (exact) mass is 314 g/mol. The molecule has 23 heavy (non-hydrogen) atoms. The van der Waals surface area contributed by atoms with E-state index in [1.165, 1.54) is 0 Å². The number of fused-ring (bicyclic) bond motifs is 1. The quantitative estimate of drug-likeness (QED) is 0.861. The highest BCUT2D eigenvalue weighted by atomic mass is 16.5. The number of amides is 2. The van der Waals surface area contributed by atoms with Gasteiger partial charge in [-0.1, -0.05) is 19.1 Å². The largest absolute Gasteiger partial charge is 0.497 e. The van der Waals surface area contributed by atoms with E-state index >= 15 is 0 Å². The molecule has 5 nitrogen and oxygen atoms in total. The Labute approximate surface area is 136 Å². The van der Waals surface area contributed by atoms with Crippen LogP contribution in [0.5, 0.6) is 5.75 Å². The molecule has 0 saturated carbocycles. The topological polar surface area (TPSA) is 67.4 Å². The van der Waals surface area contributed by atoms with Crippen molar-refractivity contribution in [3.05, 3.63) is 42.0 Å². The maximum atomic E-state index is 12.3. The minimum Gasteiger partial charge on any atom is -0.497 e. The van der Waals surface area contributed by atoms with Crippen molar-refractivity contribution in [2.24, 2.45) is 0 Å². The van der Waals surface area contributed by atoms with Gasteiger partial charge in [0.2, 0.25) is 5.91 Å². The van der Waals surface area contributed by atoms with E-state index in [1.54, 1.807) is 26.2 Å². The number of hydrogen-bond acceptors (Lipinski definition) is 3. The molecule has 0 aliphatic rings. The zero-order valence-electron chi connectivity index (χ0n) is 13.7. The van der Waals surface area contributed by atoms with Crippen molar-refractivity contribution in [3.63, 3.8) is 0 Å². The highest BCUT2D eigenvalue weighted by Crippen LogP contribution is 2.21. The molecule has 2 amide bonds. The number of methoxy groups -OCH3 is 1. The fourth-order valence-corrected chi connectivity index (χ4v) is 2.24. The molecule has 2 rings (SSSR count). The molecule has 0 aromatic heterocycles. The van der Waals surface area contributed by atoms with Crippen molar-refractivity contribution in [1.29, 1.82) is 0 Å². The summed E-state index contributed by atoms with van der Waals surface area (Å²) in [6.45, 7) is 4.26. The van der Waals surface area contributed by atoms with Gasteiger partial charge in [-0.3, -0.25) is 9.59 Å². The average molecular weight is 314 g/mol. The Morgan fingerprint density at radius 3 is 2.52 bits per heavy atom. The van der Waals surface area contributed by atoms with Gasteiger partial charge in [0.15, 0.2) is 0 Å². The molecule has 2 aromatic carbocycles. The Balaban J connectivity index is 2.10. The number of nitrogens with one attached hydrogen (secondary N) is 2. The van der Waals surface area contributed by atoms with Crippen LogP contribution in [0.3, 0.4) is 0 Å². The molecule has 0 unspecified atom stereocenters. The van der Waals surface area contributed by atoms with Crippen LogP contribution < -0.4 is 15.4 Å². The zero-order valence-corrected chi connectivity index (χ0v) is 13.7. The highest BCUT2D eigenvalue weighted by Gasteiger charge is 2.16. The van der Waals surface area contributed by atoms with E-state index in [-0.39, 0.29) is 11.8 Å². The van der Waals surface area contributed by atoms with Crippen molar-refractivity contribution in [1.82, 2.24) is 10.6 Å². The first-order valence-corrected chi connectivity index (χ1v) is 7.71. The summed E-state index contributed by atoms with van der Waals surface area (Å²) in [5.41, 5.74) is 0.526. The fraction of sp³-hybridized carbons (Fsp3) is 0.333. The molecule has 0 aliphatic heterocycles. The molecule has 1 atom stereocenters. The van der Waals surface area contributed by atoms with Gasteiger partial charge in [-0.05, 0) is 48.4 Å². The van der Waals surface area contributed by atoms with Crippen LogP contribution in [0.25, 0.3) is 10.8 Å². The number of ether oxygens (including phenoxy) is 1. The molecule has 0 bridgehead atoms. The molecule has 0 spiro atoms. The van der Waals surface area contributed by atoms with Crippen LogP contribution in [0.4, 0.5) is 0 Å². The molecule has 0 fully saturated rings. The number of carbonyl (C=O) groups is 2. The summed E-state index contributed by atoms with van der Waals surface area (Å²) in [5, 5.41) is 7.42. The van der Waals surface area contributed by atoms with E-state index in [0.29, 0.717) is 12.1 Å². The Bertz CT molecular complexity index is 712. The summed E-state index contributed by atoms with van der Waals surface area (Å²) < 4.78 is 5.19. The van der Waals surface area contributed by atoms with Gasteiger partial charge < -0.3 is 15.4 Å². The van der Waals surface area contributed by atoms with Crippen LogP contribution in [0.15, 0.2) is 36.4 Å². The lowest BCUT2D eigenvalue weighted by molar-refractivity contribution is -0.122. The van der Waals surface area contributed by atoms with E-state index in [0.717, 1.165) is 22.9 Å². The summed E-state index contributed by atoms with van der Waals surface area (Å²) in [4.78, 5) is 24.1. The molecule has 0 aliphatic carbocycles. The average Bonchev–Trinajstić information content (AvgIpc) is 2.58. The van der Waals surface area contributed by atoms with Crippen LogP contribution in [-0.4, -0.2) is 31.5 Å². The zero-order chi connectivity index (χ0) is 16.8. The Morgan fingerprint density at radius 1 is 1.13 bits per heavy atom. The van der Waals surface area contributed by atoms with Crippen LogP contribution >= 0.6 is 0 Å². The van der Waals surface area contributed by atoms with Crippen LogP contribution in [0.2, 0.25) is 0 Å². The summed E-state index contributed by atoms with van der Waals surface area (Å²) in [5.74, 6) is 0.337. The van der Waals surface area contributed by atoms with Crippen molar-refractivity contribution in [3.8, 4) is 5.75 Å². The summed E-state index contributed by atoms with van der Waals surface area (Å²) in [6, 6.07) is 10.5. The summed E-state index contributed by atoms with van der Waals surface area (Å²) in [6.07, 6.45) is 0.862. The summed E-state index contributed by atoms with van der Waals surface area (Å²) in [7, 11) is 1.62. The lowest BCUT2D eigenvalue weighted by atomic mass is 10.1. The molecule has 122 valence electrons. The van der Waals surface area contributed by atoms with E-state index in [2.05, 4.69) is 10.6 Å². The first-order chi connectivity index (χ1) is 11.0. The predicted molar refractivity (Wildman–Crippen MR) is 90.7 cm³/mol. The van der Waals surface area contributed by atoms with E-state index in [1.807, 2.05) is 31.2 Å². The molecule has 0 saturated heterocycles. The Hall–Kier alpha value is -2.56. The van der Waals surface area contributed by atoms with Gasteiger partial charge in [0, 0.05) is 12.1 Å². The van der Waals surface area contributed by atoms with Crippen molar-refractivity contribution in [2.45, 2.75) is 26.3 Å². The van der Waals surface area contributed by atoms with Gasteiger partial charge in [0.25, 0.3) is 5.91 Å². The minimum atomic E-state index is -0.569. The fourth-order valence-electron chi connectivity index (χ4n) is 2.24. The molecular formula is C18H22N2O3. The van der Waals surface area contributed by atoms with Crippen molar-refractivity contribution >= 4 is 22.6 Å². The van der Waals surface area contributed by atoms with Gasteiger partial charge in [-0.2, -0.15) is 0 Å². The van der Waals surface area contributed by atoms with E-state index in [4.69, 9.17) is 4.74 Å². The molecule has 0 radical (unpaired) electrons. The van der Waals surface area contributed by atoms with Crippen molar-refractivity contribution in [2.75, 3.05) is 13.7 Å². The van der Waals surface area contributed by atoms with Gasteiger partial charge in [0.1, 0.15) is 11.8 Å². The van der Waals surface area contributed by atoms with Crippen LogP contribution in [-0.2, 0) is 4.79 Å². The lowest BCUT2D eigenvalue weighted by Crippen LogP contribution is -2.44. The van der Waals surface area contributed by atoms with Crippen LogP contribution in [0, 0.1) is 0 Å². The first-order valence-electron chi connectivity index (χ1n) is 7.71. The number of rotatable bonds is 6. The van der Waals surface area contributed by atoms with Gasteiger partial charge in [0.05, 0.1) is 7.11 Å². The molecule has 2 aromatic rings. The van der Waals surface area contributed by atoms with E-state index in [9.17, 15) is 9.59 Å². The second-order valence-electron chi connectivity index (χ2n) is 5.41. The summed E-state index contributed by atoms with van der Waals surface area (Å²) >= 11 is 0. The third-order valence-corrected chi connectivity index (χ3v) is 3.60. The van der Waals surface area contributed by atoms with Crippen LogP contribution in [0.1, 0.15) is 30.6 Å². The van der Waals surface area contributed by atoms with Crippen molar-refractivity contribution < 1.29 is 14.3 Å². The minimum absolute atomic E-state index is 0.175. The lowest BCUT2D eigenvalue weighted by Gasteiger charge is -2.14. The first kappa shape index (κ1) is 16.8.